The first-order chi connectivity index (χ1) is 8.81. The van der Waals surface area contributed by atoms with Crippen LogP contribution >= 0.6 is 0 Å². The van der Waals surface area contributed by atoms with Crippen LogP contribution in [0.2, 0.25) is 0 Å². The first-order valence-corrected chi connectivity index (χ1v) is 7.79. The van der Waals surface area contributed by atoms with Gasteiger partial charge in [0, 0.05) is 0 Å². The monoisotopic (exact) mass is 261 g/mol. The van der Waals surface area contributed by atoms with E-state index in [-0.39, 0.29) is 0 Å². The van der Waals surface area contributed by atoms with Gasteiger partial charge in [0.25, 0.3) is 0 Å². The second-order valence-corrected chi connectivity index (χ2v) is 3.92. The predicted octanol–water partition coefficient (Wildman–Crippen LogP) is 2.97. The fourth-order valence-electron chi connectivity index (χ4n) is 1.48. The molecule has 3 heteroatoms. The molecule has 0 aromatic heterocycles. The number of nitrogens with one attached hydrogen (secondary N) is 2. The molecule has 0 saturated carbocycles. The predicted molar refractivity (Wildman–Crippen MR) is 86.5 cm³/mol. The standard InChI is InChI=1S/C11H27N3.2C2H6/c1-12-8-4-6-10-14(3)11-7-5-9-13-2;2*1-2/h12-13H,4-11H2,1-3H3;2*1-2H3. The highest BCUT2D eigenvalue weighted by Crippen LogP contribution is 1.95. The summed E-state index contributed by atoms with van der Waals surface area (Å²) in [7, 11) is 6.25. The second-order valence-electron chi connectivity index (χ2n) is 3.92. The molecule has 0 unspecified atom stereocenters. The van der Waals surface area contributed by atoms with Crippen molar-refractivity contribution < 1.29 is 0 Å². The van der Waals surface area contributed by atoms with Gasteiger partial charge in [0.2, 0.25) is 0 Å². The topological polar surface area (TPSA) is 27.3 Å². The van der Waals surface area contributed by atoms with Crippen LogP contribution in [-0.4, -0.2) is 52.2 Å². The van der Waals surface area contributed by atoms with Crippen LogP contribution in [0.25, 0.3) is 0 Å². The lowest BCUT2D eigenvalue weighted by atomic mass is 10.2. The first kappa shape index (κ1) is 23.0. The van der Waals surface area contributed by atoms with E-state index in [9.17, 15) is 0 Å². The maximum Gasteiger partial charge on any atom is -0.00213 e. The minimum Gasteiger partial charge on any atom is -0.320 e. The van der Waals surface area contributed by atoms with Gasteiger partial charge >= 0.3 is 0 Å². The molecular weight excluding hydrogens is 222 g/mol. The van der Waals surface area contributed by atoms with Crippen LogP contribution in [0.5, 0.6) is 0 Å². The molecule has 114 valence electrons. The van der Waals surface area contributed by atoms with Gasteiger partial charge in [0.1, 0.15) is 0 Å². The maximum atomic E-state index is 3.17. The molecule has 0 rings (SSSR count). The summed E-state index contributed by atoms with van der Waals surface area (Å²) in [5.41, 5.74) is 0. The number of nitrogens with zero attached hydrogens (tertiary/aromatic N) is 1. The highest BCUT2D eigenvalue weighted by atomic mass is 15.1. The summed E-state index contributed by atoms with van der Waals surface area (Å²) in [6.45, 7) is 12.8. The van der Waals surface area contributed by atoms with E-state index in [0.717, 1.165) is 13.1 Å². The lowest BCUT2D eigenvalue weighted by molar-refractivity contribution is 0.317. The van der Waals surface area contributed by atoms with Gasteiger partial charge in [-0.3, -0.25) is 0 Å². The van der Waals surface area contributed by atoms with Gasteiger partial charge in [-0.15, -0.1) is 0 Å². The van der Waals surface area contributed by atoms with E-state index in [1.54, 1.807) is 0 Å². The molecule has 0 aliphatic rings. The van der Waals surface area contributed by atoms with E-state index < -0.39 is 0 Å². The molecule has 0 spiro atoms. The van der Waals surface area contributed by atoms with Crippen molar-refractivity contribution in [1.82, 2.24) is 15.5 Å². The van der Waals surface area contributed by atoms with E-state index in [1.807, 2.05) is 41.8 Å². The normalized spacial score (nSPS) is 9.33. The van der Waals surface area contributed by atoms with Gasteiger partial charge in [-0.25, -0.2) is 0 Å². The Labute approximate surface area is 117 Å². The number of rotatable bonds is 10. The van der Waals surface area contributed by atoms with Crippen molar-refractivity contribution in [2.45, 2.75) is 53.4 Å². The number of unbranched alkanes of at least 4 members (excludes halogenated alkanes) is 2. The zero-order valence-electron chi connectivity index (χ0n) is 14.1. The van der Waals surface area contributed by atoms with E-state index >= 15 is 0 Å². The van der Waals surface area contributed by atoms with E-state index in [0.29, 0.717) is 0 Å². The second kappa shape index (κ2) is 25.7. The summed E-state index contributed by atoms with van der Waals surface area (Å²) in [4.78, 5) is 2.44. The Morgan fingerprint density at radius 2 is 1.00 bits per heavy atom. The van der Waals surface area contributed by atoms with Crippen LogP contribution in [0.3, 0.4) is 0 Å². The molecule has 0 saturated heterocycles. The van der Waals surface area contributed by atoms with Gasteiger partial charge in [0.15, 0.2) is 0 Å². The third-order valence-corrected chi connectivity index (χ3v) is 2.43. The minimum atomic E-state index is 1.15. The molecule has 0 amide bonds. The van der Waals surface area contributed by atoms with E-state index in [1.165, 1.54) is 38.8 Å². The van der Waals surface area contributed by atoms with Gasteiger partial charge in [-0.2, -0.15) is 0 Å². The summed E-state index contributed by atoms with van der Waals surface area (Å²) in [5.74, 6) is 0. The average molecular weight is 261 g/mol. The molecule has 0 radical (unpaired) electrons. The SMILES string of the molecule is CC.CC.CNCCCCN(C)CCCCNC. The van der Waals surface area contributed by atoms with Crippen molar-refractivity contribution in [1.29, 1.82) is 0 Å². The molecule has 3 nitrogen and oxygen atoms in total. The van der Waals surface area contributed by atoms with Gasteiger partial charge < -0.3 is 15.5 Å². The Hall–Kier alpha value is -0.120. The van der Waals surface area contributed by atoms with Crippen molar-refractivity contribution in [2.24, 2.45) is 0 Å². The van der Waals surface area contributed by atoms with Crippen LogP contribution < -0.4 is 10.6 Å². The molecule has 0 aromatic carbocycles. The van der Waals surface area contributed by atoms with E-state index in [2.05, 4.69) is 22.6 Å². The lowest BCUT2D eigenvalue weighted by Crippen LogP contribution is -2.22. The van der Waals surface area contributed by atoms with Crippen LogP contribution in [0.15, 0.2) is 0 Å². The van der Waals surface area contributed by atoms with Crippen molar-refractivity contribution >= 4 is 0 Å². The highest BCUT2D eigenvalue weighted by molar-refractivity contribution is 4.54. The Morgan fingerprint density at radius 3 is 1.28 bits per heavy atom. The largest absolute Gasteiger partial charge is 0.320 e. The Kier molecular flexibility index (Phi) is 32.8. The average Bonchev–Trinajstić information content (AvgIpc) is 2.44. The van der Waals surface area contributed by atoms with E-state index in [4.69, 9.17) is 0 Å². The van der Waals surface area contributed by atoms with Crippen molar-refractivity contribution in [2.75, 3.05) is 47.3 Å². The first-order valence-electron chi connectivity index (χ1n) is 7.79. The molecule has 18 heavy (non-hydrogen) atoms. The maximum absolute atomic E-state index is 3.17. The molecule has 0 fully saturated rings. The summed E-state index contributed by atoms with van der Waals surface area (Å²) in [5, 5.41) is 6.35. The fraction of sp³-hybridized carbons (Fsp3) is 1.00. The summed E-state index contributed by atoms with van der Waals surface area (Å²) < 4.78 is 0. The molecule has 0 aliphatic carbocycles. The summed E-state index contributed by atoms with van der Waals surface area (Å²) in [6.07, 6.45) is 5.20. The molecule has 0 bridgehead atoms. The molecule has 0 atom stereocenters. The molecule has 2 N–H and O–H groups in total. The molecule has 0 aliphatic heterocycles. The number of hydrogen-bond donors (Lipinski definition) is 2. The molecule has 0 heterocycles. The summed E-state index contributed by atoms with van der Waals surface area (Å²) in [6, 6.07) is 0. The lowest BCUT2D eigenvalue weighted by Gasteiger charge is -2.16. The van der Waals surface area contributed by atoms with Crippen molar-refractivity contribution in [3.05, 3.63) is 0 Å². The molecule has 0 aromatic rings. The summed E-state index contributed by atoms with van der Waals surface area (Å²) >= 11 is 0. The van der Waals surface area contributed by atoms with Crippen molar-refractivity contribution in [3.8, 4) is 0 Å². The van der Waals surface area contributed by atoms with Crippen LogP contribution in [-0.2, 0) is 0 Å². The zero-order valence-corrected chi connectivity index (χ0v) is 14.1. The zero-order chi connectivity index (χ0) is 14.6. The molecular formula is C15H39N3. The van der Waals surface area contributed by atoms with Gasteiger partial charge in [0.05, 0.1) is 0 Å². The number of hydrogen-bond acceptors (Lipinski definition) is 3. The Balaban J connectivity index is -0.000000506. The Bertz CT molecular complexity index is 95.9. The third-order valence-electron chi connectivity index (χ3n) is 2.43. The van der Waals surface area contributed by atoms with Crippen LogP contribution in [0.4, 0.5) is 0 Å². The quantitative estimate of drug-likeness (QED) is 0.592. The van der Waals surface area contributed by atoms with Crippen molar-refractivity contribution in [3.63, 3.8) is 0 Å². The van der Waals surface area contributed by atoms with Gasteiger partial charge in [-0.1, -0.05) is 27.7 Å². The Morgan fingerprint density at radius 1 is 0.667 bits per heavy atom. The van der Waals surface area contributed by atoms with Crippen LogP contribution in [0.1, 0.15) is 53.4 Å². The minimum absolute atomic E-state index is 1.15. The fourth-order valence-corrected chi connectivity index (χ4v) is 1.48. The highest BCUT2D eigenvalue weighted by Gasteiger charge is 1.97. The third kappa shape index (κ3) is 24.9. The smallest absolute Gasteiger partial charge is 0.00213 e. The van der Waals surface area contributed by atoms with Crippen LogP contribution in [0, 0.1) is 0 Å². The van der Waals surface area contributed by atoms with Gasteiger partial charge in [-0.05, 0) is 73.0 Å².